The summed E-state index contributed by atoms with van der Waals surface area (Å²) in [7, 11) is 0. The van der Waals surface area contributed by atoms with Crippen LogP contribution in [0, 0.1) is 11.3 Å². The molecule has 0 radical (unpaired) electrons. The van der Waals surface area contributed by atoms with Gasteiger partial charge >= 0.3 is 5.97 Å². The van der Waals surface area contributed by atoms with E-state index in [0.717, 1.165) is 4.70 Å². The zero-order valence-corrected chi connectivity index (χ0v) is 14.9. The first-order chi connectivity index (χ1) is 13.1. The zero-order chi connectivity index (χ0) is 19.0. The molecule has 7 nitrogen and oxygen atoms in total. The molecule has 4 rings (SSSR count). The van der Waals surface area contributed by atoms with Crippen LogP contribution in [-0.2, 0) is 4.79 Å². The molecular formula is C19H14N4O3S. The van der Waals surface area contributed by atoms with Crippen molar-refractivity contribution in [2.24, 2.45) is 0 Å². The lowest BCUT2D eigenvalue weighted by Gasteiger charge is -2.16. The molecule has 3 aromatic rings. The predicted molar refractivity (Wildman–Crippen MR) is 101 cm³/mol. The Bertz CT molecular complexity index is 1150. The topological polar surface area (TPSA) is 116 Å². The number of hydrogen-bond donors (Lipinski definition) is 2. The predicted octanol–water partition coefficient (Wildman–Crippen LogP) is 2.12. The third kappa shape index (κ3) is 3.18. The summed E-state index contributed by atoms with van der Waals surface area (Å²) in [5.41, 5.74) is 0.945. The maximum atomic E-state index is 12.3. The molecule has 0 amide bonds. The third-order valence-corrected chi connectivity index (χ3v) is 5.69. The van der Waals surface area contributed by atoms with Crippen LogP contribution in [0.3, 0.4) is 0 Å². The Hall–Kier alpha value is -3.15. The monoisotopic (exact) mass is 378 g/mol. The summed E-state index contributed by atoms with van der Waals surface area (Å²) in [5.74, 6) is -1.20. The van der Waals surface area contributed by atoms with E-state index in [1.54, 1.807) is 24.3 Å². The number of nitriles is 1. The van der Waals surface area contributed by atoms with Crippen LogP contribution in [0.15, 0.2) is 41.2 Å². The lowest BCUT2D eigenvalue weighted by Crippen LogP contribution is -2.34. The molecule has 0 saturated carbocycles. The molecule has 27 heavy (non-hydrogen) atoms. The maximum Gasteiger partial charge on any atom is 0.321 e. The number of nitrogens with one attached hydrogen (secondary N) is 1. The van der Waals surface area contributed by atoms with Crippen molar-refractivity contribution >= 4 is 27.4 Å². The van der Waals surface area contributed by atoms with Gasteiger partial charge in [0.05, 0.1) is 5.39 Å². The van der Waals surface area contributed by atoms with Gasteiger partial charge in [0.1, 0.15) is 28.5 Å². The van der Waals surface area contributed by atoms with Gasteiger partial charge in [0, 0.05) is 10.6 Å². The van der Waals surface area contributed by atoms with Crippen molar-refractivity contribution in [3.05, 3.63) is 58.0 Å². The van der Waals surface area contributed by atoms with Gasteiger partial charge in [-0.15, -0.1) is 11.3 Å². The second kappa shape index (κ2) is 6.87. The SMILES string of the molecule is N#Cc1cc(C2CCN[C@@H]2C(=O)O)cc(-c2nc(=O)c3ccccc3s2)n1. The van der Waals surface area contributed by atoms with Crippen molar-refractivity contribution in [3.63, 3.8) is 0 Å². The normalized spacial score (nSPS) is 19.1. The Morgan fingerprint density at radius 2 is 2.11 bits per heavy atom. The smallest absolute Gasteiger partial charge is 0.321 e. The van der Waals surface area contributed by atoms with Crippen LogP contribution in [-0.4, -0.2) is 33.6 Å². The van der Waals surface area contributed by atoms with Crippen LogP contribution in [0.5, 0.6) is 0 Å². The molecule has 1 aromatic carbocycles. The van der Waals surface area contributed by atoms with E-state index >= 15 is 0 Å². The van der Waals surface area contributed by atoms with Gasteiger partial charge in [-0.25, -0.2) is 4.98 Å². The average molecular weight is 378 g/mol. The minimum atomic E-state index is -0.928. The summed E-state index contributed by atoms with van der Waals surface area (Å²) >= 11 is 1.32. The van der Waals surface area contributed by atoms with Gasteiger partial charge in [0.2, 0.25) is 0 Å². The number of nitrogens with zero attached hydrogens (tertiary/aromatic N) is 3. The van der Waals surface area contributed by atoms with Crippen LogP contribution in [0.2, 0.25) is 0 Å². The van der Waals surface area contributed by atoms with Crippen LogP contribution in [0.1, 0.15) is 23.6 Å². The standard InChI is InChI=1S/C19H14N4O3S/c20-9-11-7-10(12-5-6-21-16(12)19(25)26)8-14(22-11)18-23-17(24)13-3-1-2-4-15(13)27-18/h1-4,7-8,12,16,21H,5-6H2,(H,25,26)/t12?,16-/m0/s1. The van der Waals surface area contributed by atoms with E-state index in [1.165, 1.54) is 11.3 Å². The lowest BCUT2D eigenvalue weighted by atomic mass is 9.91. The molecule has 1 fully saturated rings. The van der Waals surface area contributed by atoms with E-state index in [0.29, 0.717) is 34.6 Å². The Morgan fingerprint density at radius 3 is 2.89 bits per heavy atom. The van der Waals surface area contributed by atoms with E-state index in [9.17, 15) is 20.0 Å². The lowest BCUT2D eigenvalue weighted by molar-refractivity contribution is -0.139. The first-order valence-electron chi connectivity index (χ1n) is 8.35. The van der Waals surface area contributed by atoms with Crippen molar-refractivity contribution < 1.29 is 9.90 Å². The quantitative estimate of drug-likeness (QED) is 0.717. The summed E-state index contributed by atoms with van der Waals surface area (Å²) in [4.78, 5) is 32.2. The minimum Gasteiger partial charge on any atom is -0.480 e. The van der Waals surface area contributed by atoms with Crippen LogP contribution < -0.4 is 10.9 Å². The molecule has 0 bridgehead atoms. The van der Waals surface area contributed by atoms with E-state index < -0.39 is 12.0 Å². The largest absolute Gasteiger partial charge is 0.480 e. The summed E-state index contributed by atoms with van der Waals surface area (Å²) in [6.45, 7) is 0.586. The van der Waals surface area contributed by atoms with Crippen LogP contribution >= 0.6 is 11.3 Å². The molecule has 1 aliphatic heterocycles. The van der Waals surface area contributed by atoms with Crippen molar-refractivity contribution in [1.29, 1.82) is 5.26 Å². The van der Waals surface area contributed by atoms with E-state index in [4.69, 9.17) is 0 Å². The van der Waals surface area contributed by atoms with Gasteiger partial charge in [-0.1, -0.05) is 12.1 Å². The number of carboxylic acid groups (broad SMARTS) is 1. The van der Waals surface area contributed by atoms with Gasteiger partial charge in [-0.2, -0.15) is 10.2 Å². The molecule has 1 unspecified atom stereocenters. The highest BCUT2D eigenvalue weighted by molar-refractivity contribution is 7.21. The number of fused-ring (bicyclic) bond motifs is 1. The Balaban J connectivity index is 1.86. The van der Waals surface area contributed by atoms with Gasteiger partial charge < -0.3 is 10.4 Å². The number of benzene rings is 1. The van der Waals surface area contributed by atoms with Gasteiger partial charge in [-0.3, -0.25) is 9.59 Å². The van der Waals surface area contributed by atoms with Crippen molar-refractivity contribution in [2.45, 2.75) is 18.4 Å². The molecule has 2 N–H and O–H groups in total. The fourth-order valence-electron chi connectivity index (χ4n) is 3.38. The summed E-state index contributed by atoms with van der Waals surface area (Å²) in [6.07, 6.45) is 0.646. The first-order valence-corrected chi connectivity index (χ1v) is 9.17. The fraction of sp³-hybridized carbons (Fsp3) is 0.211. The maximum absolute atomic E-state index is 12.3. The summed E-state index contributed by atoms with van der Waals surface area (Å²) in [5, 5.41) is 22.7. The molecule has 1 aliphatic rings. The van der Waals surface area contributed by atoms with E-state index in [2.05, 4.69) is 15.3 Å². The molecule has 8 heteroatoms. The average Bonchev–Trinajstić information content (AvgIpc) is 3.18. The zero-order valence-electron chi connectivity index (χ0n) is 14.0. The van der Waals surface area contributed by atoms with Crippen molar-refractivity contribution in [1.82, 2.24) is 15.3 Å². The van der Waals surface area contributed by atoms with E-state index in [-0.39, 0.29) is 17.2 Å². The number of carboxylic acids is 1. The number of hydrogen-bond acceptors (Lipinski definition) is 7. The second-order valence-electron chi connectivity index (χ2n) is 6.27. The molecule has 3 heterocycles. The Labute approximate surface area is 158 Å². The minimum absolute atomic E-state index is 0.174. The van der Waals surface area contributed by atoms with Crippen LogP contribution in [0.4, 0.5) is 0 Å². The molecule has 2 aromatic heterocycles. The molecule has 134 valence electrons. The van der Waals surface area contributed by atoms with Crippen LogP contribution in [0.25, 0.3) is 20.8 Å². The number of rotatable bonds is 3. The molecular weight excluding hydrogens is 364 g/mol. The fourth-order valence-corrected chi connectivity index (χ4v) is 4.33. The van der Waals surface area contributed by atoms with Gasteiger partial charge in [-0.05, 0) is 42.8 Å². The molecule has 1 saturated heterocycles. The number of aliphatic carboxylic acids is 1. The molecule has 2 atom stereocenters. The van der Waals surface area contributed by atoms with Crippen molar-refractivity contribution in [2.75, 3.05) is 6.54 Å². The first kappa shape index (κ1) is 17.3. The number of aromatic nitrogens is 2. The summed E-state index contributed by atoms with van der Waals surface area (Å²) in [6, 6.07) is 11.8. The van der Waals surface area contributed by atoms with Crippen molar-refractivity contribution in [3.8, 4) is 16.8 Å². The second-order valence-corrected chi connectivity index (χ2v) is 7.30. The van der Waals surface area contributed by atoms with E-state index in [1.807, 2.05) is 18.2 Å². The highest BCUT2D eigenvalue weighted by Crippen LogP contribution is 2.32. The van der Waals surface area contributed by atoms with Gasteiger partial charge in [0.25, 0.3) is 5.56 Å². The highest BCUT2D eigenvalue weighted by atomic mass is 32.1. The molecule has 0 spiro atoms. The van der Waals surface area contributed by atoms with Gasteiger partial charge in [0.15, 0.2) is 0 Å². The third-order valence-electron chi connectivity index (χ3n) is 4.62. The highest BCUT2D eigenvalue weighted by Gasteiger charge is 2.34. The number of pyridine rings is 1. The Morgan fingerprint density at radius 1 is 1.30 bits per heavy atom. The summed E-state index contributed by atoms with van der Waals surface area (Å²) < 4.78 is 0.782. The molecule has 0 aliphatic carbocycles. The Kier molecular flexibility index (Phi) is 4.39. The number of carbonyl (C=O) groups is 1.